The van der Waals surface area contributed by atoms with Gasteiger partial charge in [-0.15, -0.1) is 0 Å². The second-order valence-corrected chi connectivity index (χ2v) is 8.77. The Morgan fingerprint density at radius 3 is 2.43 bits per heavy atom. The highest BCUT2D eigenvalue weighted by molar-refractivity contribution is 5.81. The van der Waals surface area contributed by atoms with Crippen LogP contribution in [0.4, 0.5) is 16.4 Å². The molecule has 2 aliphatic rings. The number of hydrogen-bond acceptors (Lipinski definition) is 6. The minimum atomic E-state index is -0.484. The lowest BCUT2D eigenvalue weighted by Gasteiger charge is -2.41. The number of fused-ring (bicyclic) bond motifs is 1. The summed E-state index contributed by atoms with van der Waals surface area (Å²) in [4.78, 5) is 26.3. The van der Waals surface area contributed by atoms with E-state index in [0.29, 0.717) is 25.7 Å². The minimum Gasteiger partial charge on any atom is -0.444 e. The van der Waals surface area contributed by atoms with Crippen molar-refractivity contribution in [3.63, 3.8) is 0 Å². The quantitative estimate of drug-likeness (QED) is 0.872. The maximum Gasteiger partial charge on any atom is 0.410 e. The molecule has 7 heteroatoms. The van der Waals surface area contributed by atoms with E-state index >= 15 is 0 Å². The number of carbonyl (C=O) groups excluding carboxylic acids is 1. The average Bonchev–Trinajstić information content (AvgIpc) is 3.44. The van der Waals surface area contributed by atoms with Crippen LogP contribution in [0.5, 0.6) is 0 Å². The van der Waals surface area contributed by atoms with Crippen LogP contribution in [0.15, 0.2) is 24.3 Å². The Labute approximate surface area is 166 Å². The van der Waals surface area contributed by atoms with E-state index in [1.165, 1.54) is 12.8 Å². The second kappa shape index (κ2) is 7.11. The molecule has 0 radical (unpaired) electrons. The lowest BCUT2D eigenvalue weighted by Crippen LogP contribution is -2.55. The predicted octanol–water partition coefficient (Wildman–Crippen LogP) is 3.65. The van der Waals surface area contributed by atoms with Crippen LogP contribution in [-0.4, -0.2) is 58.3 Å². The summed E-state index contributed by atoms with van der Waals surface area (Å²) in [7, 11) is 0. The van der Waals surface area contributed by atoms with E-state index in [1.54, 1.807) is 4.90 Å². The number of benzene rings is 1. The molecule has 1 N–H and O–H groups in total. The predicted molar refractivity (Wildman–Crippen MR) is 111 cm³/mol. The monoisotopic (exact) mass is 383 g/mol. The van der Waals surface area contributed by atoms with Crippen molar-refractivity contribution in [3.8, 4) is 0 Å². The Hall–Kier alpha value is -2.57. The molecule has 2 fully saturated rings. The van der Waals surface area contributed by atoms with E-state index < -0.39 is 5.60 Å². The van der Waals surface area contributed by atoms with E-state index in [2.05, 4.69) is 17.1 Å². The highest BCUT2D eigenvalue weighted by atomic mass is 16.6. The molecule has 0 bridgehead atoms. The molecule has 1 aromatic heterocycles. The Morgan fingerprint density at radius 2 is 1.82 bits per heavy atom. The summed E-state index contributed by atoms with van der Waals surface area (Å²) in [5.74, 6) is 1.72. The number of hydrogen-bond donors (Lipinski definition) is 1. The van der Waals surface area contributed by atoms with Gasteiger partial charge in [0.15, 0.2) is 11.6 Å². The molecule has 1 saturated heterocycles. The summed E-state index contributed by atoms with van der Waals surface area (Å²) < 4.78 is 5.54. The molecule has 1 aromatic carbocycles. The SMILES string of the molecule is C[C@@H]1CN(C(=O)OC(C)(C)C)CCN1c1nc2ccccc2nc1NC1CC1. The van der Waals surface area contributed by atoms with Gasteiger partial charge in [0.1, 0.15) is 5.60 Å². The van der Waals surface area contributed by atoms with Crippen molar-refractivity contribution in [2.45, 2.75) is 58.2 Å². The Balaban J connectivity index is 1.57. The number of rotatable bonds is 3. The van der Waals surface area contributed by atoms with Crippen molar-refractivity contribution in [3.05, 3.63) is 24.3 Å². The van der Waals surface area contributed by atoms with Gasteiger partial charge in [-0.1, -0.05) is 12.1 Å². The summed E-state index contributed by atoms with van der Waals surface area (Å²) in [6.45, 7) is 9.71. The van der Waals surface area contributed by atoms with Crippen LogP contribution in [-0.2, 0) is 4.74 Å². The van der Waals surface area contributed by atoms with Gasteiger partial charge in [-0.3, -0.25) is 0 Å². The number of aromatic nitrogens is 2. The standard InChI is InChI=1S/C21H29N5O2/c1-14-13-25(20(27)28-21(2,3)4)11-12-26(14)19-18(22-15-9-10-15)23-16-7-5-6-8-17(16)24-19/h5-8,14-15H,9-13H2,1-4H3,(H,22,23)/t14-/m1/s1. The molecule has 7 nitrogen and oxygen atoms in total. The van der Waals surface area contributed by atoms with E-state index in [-0.39, 0.29) is 12.1 Å². The summed E-state index contributed by atoms with van der Waals surface area (Å²) in [6.07, 6.45) is 2.10. The normalized spacial score (nSPS) is 20.4. The molecule has 4 rings (SSSR count). The third-order valence-electron chi connectivity index (χ3n) is 5.02. The molecule has 28 heavy (non-hydrogen) atoms. The van der Waals surface area contributed by atoms with Gasteiger partial charge in [-0.25, -0.2) is 14.8 Å². The average molecular weight is 383 g/mol. The zero-order chi connectivity index (χ0) is 19.9. The van der Waals surface area contributed by atoms with Crippen molar-refractivity contribution in [1.29, 1.82) is 0 Å². The van der Waals surface area contributed by atoms with E-state index in [0.717, 1.165) is 22.7 Å². The molecule has 1 atom stereocenters. The number of nitrogens with one attached hydrogen (secondary N) is 1. The Kier molecular flexibility index (Phi) is 4.77. The van der Waals surface area contributed by atoms with Crippen molar-refractivity contribution in [1.82, 2.24) is 14.9 Å². The van der Waals surface area contributed by atoms with Crippen LogP contribution in [0, 0.1) is 0 Å². The van der Waals surface area contributed by atoms with Crippen LogP contribution < -0.4 is 10.2 Å². The molecule has 0 spiro atoms. The number of amides is 1. The van der Waals surface area contributed by atoms with Gasteiger partial charge >= 0.3 is 6.09 Å². The topological polar surface area (TPSA) is 70.6 Å². The fourth-order valence-corrected chi connectivity index (χ4v) is 3.47. The van der Waals surface area contributed by atoms with Gasteiger partial charge in [0.2, 0.25) is 0 Å². The van der Waals surface area contributed by atoms with Gasteiger partial charge in [-0.2, -0.15) is 0 Å². The molecule has 150 valence electrons. The fourth-order valence-electron chi connectivity index (χ4n) is 3.47. The Morgan fingerprint density at radius 1 is 1.14 bits per heavy atom. The number of piperazine rings is 1. The zero-order valence-electron chi connectivity index (χ0n) is 17.1. The summed E-state index contributed by atoms with van der Waals surface area (Å²) in [6, 6.07) is 8.57. The zero-order valence-corrected chi connectivity index (χ0v) is 17.1. The Bertz CT molecular complexity index is 875. The van der Waals surface area contributed by atoms with Crippen LogP contribution in [0.1, 0.15) is 40.5 Å². The molecule has 2 aromatic rings. The van der Waals surface area contributed by atoms with E-state index in [4.69, 9.17) is 14.7 Å². The van der Waals surface area contributed by atoms with Crippen LogP contribution in [0.3, 0.4) is 0 Å². The maximum atomic E-state index is 12.4. The molecule has 0 unspecified atom stereocenters. The van der Waals surface area contributed by atoms with Gasteiger partial charge in [0.05, 0.1) is 11.0 Å². The highest BCUT2D eigenvalue weighted by Crippen LogP contribution is 2.32. The van der Waals surface area contributed by atoms with Crippen molar-refractivity contribution >= 4 is 28.8 Å². The largest absolute Gasteiger partial charge is 0.444 e. The second-order valence-electron chi connectivity index (χ2n) is 8.77. The van der Waals surface area contributed by atoms with Crippen LogP contribution >= 0.6 is 0 Å². The third kappa shape index (κ3) is 4.13. The molecule has 1 saturated carbocycles. The molecule has 1 aliphatic heterocycles. The third-order valence-corrected chi connectivity index (χ3v) is 5.02. The fraction of sp³-hybridized carbons (Fsp3) is 0.571. The molecule has 1 amide bonds. The number of ether oxygens (including phenoxy) is 1. The summed E-state index contributed by atoms with van der Waals surface area (Å²) >= 11 is 0. The number of para-hydroxylation sites is 2. The van der Waals surface area contributed by atoms with Crippen molar-refractivity contribution in [2.75, 3.05) is 29.9 Å². The van der Waals surface area contributed by atoms with Gasteiger partial charge in [0.25, 0.3) is 0 Å². The van der Waals surface area contributed by atoms with Crippen LogP contribution in [0.2, 0.25) is 0 Å². The molecule has 2 heterocycles. The van der Waals surface area contributed by atoms with Crippen molar-refractivity contribution in [2.24, 2.45) is 0 Å². The lowest BCUT2D eigenvalue weighted by atomic mass is 10.2. The lowest BCUT2D eigenvalue weighted by molar-refractivity contribution is 0.0218. The highest BCUT2D eigenvalue weighted by Gasteiger charge is 2.33. The number of nitrogens with zero attached hydrogens (tertiary/aromatic N) is 4. The first-order valence-corrected chi connectivity index (χ1v) is 10.1. The summed E-state index contributed by atoms with van der Waals surface area (Å²) in [5, 5.41) is 3.54. The first-order valence-electron chi connectivity index (χ1n) is 10.1. The maximum absolute atomic E-state index is 12.4. The van der Waals surface area contributed by atoms with Crippen LogP contribution in [0.25, 0.3) is 11.0 Å². The van der Waals surface area contributed by atoms with Gasteiger partial charge in [-0.05, 0) is 52.7 Å². The molecule has 1 aliphatic carbocycles. The number of anilines is 2. The minimum absolute atomic E-state index is 0.122. The summed E-state index contributed by atoms with van der Waals surface area (Å²) in [5.41, 5.74) is 1.30. The first-order chi connectivity index (χ1) is 13.3. The van der Waals surface area contributed by atoms with Crippen molar-refractivity contribution < 1.29 is 9.53 Å². The molecular weight excluding hydrogens is 354 g/mol. The smallest absolute Gasteiger partial charge is 0.410 e. The van der Waals surface area contributed by atoms with Gasteiger partial charge in [0, 0.05) is 31.7 Å². The first kappa shape index (κ1) is 18.8. The van der Waals surface area contributed by atoms with E-state index in [9.17, 15) is 4.79 Å². The van der Waals surface area contributed by atoms with Gasteiger partial charge < -0.3 is 19.9 Å². The van der Waals surface area contributed by atoms with E-state index in [1.807, 2.05) is 45.0 Å². The molecular formula is C21H29N5O2. The number of carbonyl (C=O) groups is 1.